The molecule has 0 saturated carbocycles. The minimum atomic E-state index is -2.44. The number of hydrogen-bond acceptors (Lipinski definition) is 2. The van der Waals surface area contributed by atoms with Crippen LogP contribution in [0.3, 0.4) is 0 Å². The summed E-state index contributed by atoms with van der Waals surface area (Å²) in [6, 6.07) is 21.4. The van der Waals surface area contributed by atoms with E-state index in [1.54, 1.807) is 0 Å². The van der Waals surface area contributed by atoms with Crippen LogP contribution >= 0.6 is 15.9 Å². The van der Waals surface area contributed by atoms with Crippen molar-refractivity contribution in [2.45, 2.75) is 62.9 Å². The Hall–Kier alpha value is -0.943. The van der Waals surface area contributed by atoms with Crippen molar-refractivity contribution in [3.63, 3.8) is 0 Å². The monoisotopic (exact) mass is 448 g/mol. The maximum Gasteiger partial charge on any atom is 0.261 e. The second kappa shape index (κ2) is 10.0. The molecule has 0 bridgehead atoms. The lowest BCUT2D eigenvalue weighted by Crippen LogP contribution is -2.66. The summed E-state index contributed by atoms with van der Waals surface area (Å²) in [6.07, 6.45) is 2.14. The van der Waals surface area contributed by atoms with Crippen molar-refractivity contribution in [3.8, 4) is 0 Å². The van der Waals surface area contributed by atoms with Crippen LogP contribution < -0.4 is 10.4 Å². The lowest BCUT2D eigenvalue weighted by molar-refractivity contribution is 0.143. The molecule has 0 aliphatic heterocycles. The van der Waals surface area contributed by atoms with Crippen LogP contribution in [0.5, 0.6) is 0 Å². The highest BCUT2D eigenvalue weighted by molar-refractivity contribution is 9.09. The van der Waals surface area contributed by atoms with E-state index < -0.39 is 8.32 Å². The maximum atomic E-state index is 10.2. The molecule has 27 heavy (non-hydrogen) atoms. The first-order valence-electron chi connectivity index (χ1n) is 9.84. The number of rotatable bonds is 9. The molecule has 0 amide bonds. The van der Waals surface area contributed by atoms with Gasteiger partial charge in [0.15, 0.2) is 0 Å². The number of aliphatic hydroxyl groups is 1. The van der Waals surface area contributed by atoms with Gasteiger partial charge in [-0.25, -0.2) is 0 Å². The third kappa shape index (κ3) is 5.77. The van der Waals surface area contributed by atoms with Crippen LogP contribution in [0.2, 0.25) is 5.04 Å². The number of halogens is 1. The van der Waals surface area contributed by atoms with Crippen LogP contribution in [-0.2, 0) is 4.43 Å². The van der Waals surface area contributed by atoms with Crippen LogP contribution in [0, 0.1) is 0 Å². The normalized spacial score (nSPS) is 14.7. The molecule has 4 heteroatoms. The topological polar surface area (TPSA) is 29.5 Å². The molecule has 2 aromatic rings. The summed E-state index contributed by atoms with van der Waals surface area (Å²) in [5.74, 6) is 0. The van der Waals surface area contributed by atoms with Gasteiger partial charge >= 0.3 is 0 Å². The molecule has 1 N–H and O–H groups in total. The zero-order valence-electron chi connectivity index (χ0n) is 17.0. The van der Waals surface area contributed by atoms with Gasteiger partial charge in [-0.3, -0.25) is 0 Å². The fourth-order valence-corrected chi connectivity index (χ4v) is 8.84. The molecule has 0 unspecified atom stereocenters. The van der Waals surface area contributed by atoms with Crippen molar-refractivity contribution in [1.82, 2.24) is 0 Å². The molecule has 0 aromatic heterocycles. The van der Waals surface area contributed by atoms with Crippen molar-refractivity contribution in [2.24, 2.45) is 0 Å². The molecule has 0 saturated heterocycles. The number of hydrogen-bond donors (Lipinski definition) is 1. The fourth-order valence-electron chi connectivity index (χ4n) is 3.80. The van der Waals surface area contributed by atoms with Gasteiger partial charge in [0.05, 0.1) is 6.10 Å². The predicted octanol–water partition coefficient (Wildman–Crippen LogP) is 4.88. The van der Waals surface area contributed by atoms with E-state index in [4.69, 9.17) is 4.43 Å². The van der Waals surface area contributed by atoms with Crippen molar-refractivity contribution in [1.29, 1.82) is 0 Å². The fraction of sp³-hybridized carbons (Fsp3) is 0.478. The van der Waals surface area contributed by atoms with E-state index in [0.717, 1.165) is 19.3 Å². The first-order valence-corrected chi connectivity index (χ1v) is 12.7. The van der Waals surface area contributed by atoms with Gasteiger partial charge in [0.1, 0.15) is 0 Å². The highest BCUT2D eigenvalue weighted by Gasteiger charge is 2.49. The molecule has 2 atom stereocenters. The highest BCUT2D eigenvalue weighted by atomic mass is 79.9. The Balaban J connectivity index is 2.27. The quantitative estimate of drug-likeness (QED) is 0.336. The van der Waals surface area contributed by atoms with Crippen molar-refractivity contribution in [2.75, 3.05) is 6.61 Å². The summed E-state index contributed by atoms with van der Waals surface area (Å²) >= 11 is 3.52. The van der Waals surface area contributed by atoms with Crippen LogP contribution in [0.4, 0.5) is 0 Å². The third-order valence-electron chi connectivity index (χ3n) is 5.01. The second-order valence-electron chi connectivity index (χ2n) is 8.32. The summed E-state index contributed by atoms with van der Waals surface area (Å²) < 4.78 is 6.84. The molecule has 2 aromatic carbocycles. The van der Waals surface area contributed by atoms with Crippen LogP contribution in [0.1, 0.15) is 47.0 Å². The van der Waals surface area contributed by atoms with Gasteiger partial charge in [-0.05, 0) is 34.7 Å². The van der Waals surface area contributed by atoms with E-state index in [1.807, 2.05) is 0 Å². The molecule has 148 valence electrons. The molecule has 0 heterocycles. The molecule has 2 nitrogen and oxygen atoms in total. The van der Waals surface area contributed by atoms with Crippen LogP contribution in [0.15, 0.2) is 60.7 Å². The Kier molecular flexibility index (Phi) is 8.29. The van der Waals surface area contributed by atoms with E-state index in [0.29, 0.717) is 11.4 Å². The SMILES string of the molecule is C[C@@H](Br)C[C@H](O)CCCO[Si](c1ccccc1)(c1ccccc1)C(C)(C)C. The lowest BCUT2D eigenvalue weighted by atomic mass is 10.1. The Morgan fingerprint density at radius 1 is 0.963 bits per heavy atom. The number of alkyl halides is 1. The van der Waals surface area contributed by atoms with Gasteiger partial charge < -0.3 is 9.53 Å². The average molecular weight is 450 g/mol. The Morgan fingerprint density at radius 2 is 1.44 bits per heavy atom. The Morgan fingerprint density at radius 3 is 1.85 bits per heavy atom. The standard InChI is InChI=1S/C23H33BrO2Si/c1-19(24)18-20(25)12-11-17-26-27(23(2,3)4,21-13-7-5-8-14-21)22-15-9-6-10-16-22/h5-10,13-16,19-20,25H,11-12,17-18H2,1-4H3/t19-,20-/m1/s1. The van der Waals surface area contributed by atoms with Gasteiger partial charge in [-0.1, -0.05) is 104 Å². The first-order chi connectivity index (χ1) is 12.8. The van der Waals surface area contributed by atoms with Gasteiger partial charge in [0.2, 0.25) is 0 Å². The van der Waals surface area contributed by atoms with Crippen LogP contribution in [0.25, 0.3) is 0 Å². The summed E-state index contributed by atoms with van der Waals surface area (Å²) in [7, 11) is -2.44. The zero-order valence-corrected chi connectivity index (χ0v) is 19.6. The molecule has 0 spiro atoms. The highest BCUT2D eigenvalue weighted by Crippen LogP contribution is 2.36. The summed E-state index contributed by atoms with van der Waals surface area (Å²) in [5, 5.41) is 12.8. The van der Waals surface area contributed by atoms with Gasteiger partial charge in [-0.2, -0.15) is 0 Å². The molecule has 2 rings (SSSR count). The molecular weight excluding hydrogens is 416 g/mol. The minimum absolute atomic E-state index is 0.00129. The summed E-state index contributed by atoms with van der Waals surface area (Å²) in [6.45, 7) is 9.62. The first kappa shape index (κ1) is 22.3. The predicted molar refractivity (Wildman–Crippen MR) is 122 cm³/mol. The van der Waals surface area contributed by atoms with E-state index in [1.165, 1.54) is 10.4 Å². The largest absolute Gasteiger partial charge is 0.407 e. The van der Waals surface area contributed by atoms with Gasteiger partial charge in [0, 0.05) is 11.4 Å². The van der Waals surface area contributed by atoms with Gasteiger partial charge in [0.25, 0.3) is 8.32 Å². The molecule has 0 aliphatic rings. The van der Waals surface area contributed by atoms with Crippen molar-refractivity contribution < 1.29 is 9.53 Å². The molecular formula is C23H33BrO2Si. The van der Waals surface area contributed by atoms with E-state index in [2.05, 4.69) is 104 Å². The molecule has 0 aliphatic carbocycles. The number of aliphatic hydroxyl groups excluding tert-OH is 1. The van der Waals surface area contributed by atoms with Gasteiger partial charge in [-0.15, -0.1) is 0 Å². The van der Waals surface area contributed by atoms with Crippen LogP contribution in [-0.4, -0.2) is 31.0 Å². The van der Waals surface area contributed by atoms with Crippen molar-refractivity contribution >= 4 is 34.6 Å². The van der Waals surface area contributed by atoms with E-state index >= 15 is 0 Å². The number of benzene rings is 2. The van der Waals surface area contributed by atoms with Crippen molar-refractivity contribution in [3.05, 3.63) is 60.7 Å². The minimum Gasteiger partial charge on any atom is -0.407 e. The van der Waals surface area contributed by atoms with E-state index in [-0.39, 0.29) is 11.1 Å². The Bertz CT molecular complexity index is 628. The maximum absolute atomic E-state index is 10.2. The molecule has 0 fully saturated rings. The third-order valence-corrected chi connectivity index (χ3v) is 10.4. The van der Waals surface area contributed by atoms with E-state index in [9.17, 15) is 5.11 Å². The Labute approximate surface area is 174 Å². The zero-order chi connectivity index (χ0) is 19.9. The summed E-state index contributed by atoms with van der Waals surface area (Å²) in [5.41, 5.74) is 0. The second-order valence-corrected chi connectivity index (χ2v) is 14.2. The molecule has 0 radical (unpaired) electrons. The lowest BCUT2D eigenvalue weighted by Gasteiger charge is -2.43. The summed E-state index contributed by atoms with van der Waals surface area (Å²) in [4.78, 5) is 0.338. The smallest absolute Gasteiger partial charge is 0.261 e. The average Bonchev–Trinajstić information content (AvgIpc) is 2.61.